The van der Waals surface area contributed by atoms with Crippen LogP contribution in [0.3, 0.4) is 0 Å². The minimum atomic E-state index is 0.0361. The zero-order chi connectivity index (χ0) is 12.0. The van der Waals surface area contributed by atoms with Crippen molar-refractivity contribution in [3.63, 3.8) is 0 Å². The van der Waals surface area contributed by atoms with Gasteiger partial charge in [-0.15, -0.1) is 0 Å². The quantitative estimate of drug-likeness (QED) is 0.814. The van der Waals surface area contributed by atoms with Crippen molar-refractivity contribution in [3.05, 3.63) is 27.8 Å². The molecule has 88 valence electrons. The normalized spacial score (nSPS) is 11.9. The third-order valence-corrected chi connectivity index (χ3v) is 3.27. The number of hydrogen-bond donors (Lipinski definition) is 2. The van der Waals surface area contributed by atoms with Gasteiger partial charge in [0, 0.05) is 15.3 Å². The van der Waals surface area contributed by atoms with Gasteiger partial charge in [-0.25, -0.2) is 0 Å². The molecule has 3 nitrogen and oxygen atoms in total. The fraction of sp³-hybridized carbons (Fsp3) is 0.417. The molecule has 0 aliphatic heterocycles. The summed E-state index contributed by atoms with van der Waals surface area (Å²) in [5, 5.41) is 6.04. The van der Waals surface area contributed by atoms with E-state index in [-0.39, 0.29) is 11.9 Å². The van der Waals surface area contributed by atoms with Crippen molar-refractivity contribution >= 4 is 34.2 Å². The van der Waals surface area contributed by atoms with Crippen LogP contribution in [-0.2, 0) is 4.79 Å². The molecule has 2 N–H and O–H groups in total. The van der Waals surface area contributed by atoms with E-state index in [0.717, 1.165) is 15.7 Å². The molecule has 1 aromatic rings. The van der Waals surface area contributed by atoms with E-state index in [1.54, 1.807) is 0 Å². The van der Waals surface area contributed by atoms with E-state index in [1.165, 1.54) is 0 Å². The van der Waals surface area contributed by atoms with Gasteiger partial charge in [0.2, 0.25) is 5.91 Å². The van der Waals surface area contributed by atoms with E-state index in [9.17, 15) is 4.79 Å². The van der Waals surface area contributed by atoms with Gasteiger partial charge < -0.3 is 10.6 Å². The first-order valence-corrected chi connectivity index (χ1v) is 6.49. The van der Waals surface area contributed by atoms with Crippen molar-refractivity contribution < 1.29 is 4.79 Å². The largest absolute Gasteiger partial charge is 0.375 e. The molecule has 0 fully saturated rings. The Labute approximate surface area is 110 Å². The lowest BCUT2D eigenvalue weighted by atomic mass is 10.2. The van der Waals surface area contributed by atoms with Crippen molar-refractivity contribution in [3.8, 4) is 0 Å². The number of rotatable bonds is 5. The number of carbonyl (C=O) groups excluding carboxylic acids is 1. The molecule has 0 aliphatic rings. The Kier molecular flexibility index (Phi) is 5.59. The molecule has 0 aromatic heterocycles. The highest BCUT2D eigenvalue weighted by atomic mass is 127. The van der Waals surface area contributed by atoms with E-state index in [0.29, 0.717) is 6.54 Å². The molecule has 0 saturated heterocycles. The summed E-state index contributed by atoms with van der Waals surface area (Å²) in [6.45, 7) is 4.38. The van der Waals surface area contributed by atoms with Gasteiger partial charge in [0.05, 0.1) is 6.54 Å². The molecule has 0 radical (unpaired) electrons. The second-order valence-electron chi connectivity index (χ2n) is 3.71. The minimum Gasteiger partial charge on any atom is -0.375 e. The number of para-hydroxylation sites is 1. The fourth-order valence-electron chi connectivity index (χ4n) is 1.21. The Bertz CT molecular complexity index is 355. The summed E-state index contributed by atoms with van der Waals surface area (Å²) in [4.78, 5) is 11.5. The van der Waals surface area contributed by atoms with Crippen molar-refractivity contribution in [2.75, 3.05) is 11.9 Å². The number of carbonyl (C=O) groups is 1. The van der Waals surface area contributed by atoms with Gasteiger partial charge >= 0.3 is 0 Å². The predicted octanol–water partition coefficient (Wildman–Crippen LogP) is 2.62. The van der Waals surface area contributed by atoms with Crippen LogP contribution in [0.1, 0.15) is 20.3 Å². The average molecular weight is 332 g/mol. The summed E-state index contributed by atoms with van der Waals surface area (Å²) in [7, 11) is 0. The van der Waals surface area contributed by atoms with Crippen LogP contribution in [0.2, 0.25) is 0 Å². The van der Waals surface area contributed by atoms with Crippen LogP contribution in [-0.4, -0.2) is 18.5 Å². The molecule has 1 atom stereocenters. The Morgan fingerprint density at radius 2 is 2.12 bits per heavy atom. The number of hydrogen-bond acceptors (Lipinski definition) is 2. The molecule has 16 heavy (non-hydrogen) atoms. The molecule has 1 amide bonds. The van der Waals surface area contributed by atoms with Gasteiger partial charge in [0.15, 0.2) is 0 Å². The molecule has 1 aromatic carbocycles. The van der Waals surface area contributed by atoms with Gasteiger partial charge in [0.1, 0.15) is 0 Å². The average Bonchev–Trinajstić information content (AvgIpc) is 2.28. The highest BCUT2D eigenvalue weighted by molar-refractivity contribution is 14.1. The first kappa shape index (κ1) is 13.3. The van der Waals surface area contributed by atoms with Gasteiger partial charge in [0.25, 0.3) is 0 Å². The summed E-state index contributed by atoms with van der Waals surface area (Å²) >= 11 is 2.25. The maximum atomic E-state index is 11.5. The van der Waals surface area contributed by atoms with Crippen LogP contribution >= 0.6 is 22.6 Å². The molecule has 0 spiro atoms. The molecule has 0 unspecified atom stereocenters. The molecule has 4 heteroatoms. The van der Waals surface area contributed by atoms with Crippen LogP contribution in [0.5, 0.6) is 0 Å². The smallest absolute Gasteiger partial charge is 0.239 e. The van der Waals surface area contributed by atoms with Crippen LogP contribution in [0.25, 0.3) is 0 Å². The van der Waals surface area contributed by atoms with Crippen molar-refractivity contribution in [2.45, 2.75) is 26.3 Å². The lowest BCUT2D eigenvalue weighted by Crippen LogP contribution is -2.36. The molecule has 0 bridgehead atoms. The van der Waals surface area contributed by atoms with Crippen LogP contribution in [0, 0.1) is 3.57 Å². The number of benzene rings is 1. The molecule has 0 aliphatic carbocycles. The summed E-state index contributed by atoms with van der Waals surface area (Å²) in [5.74, 6) is 0.0361. The van der Waals surface area contributed by atoms with Gasteiger partial charge in [-0.1, -0.05) is 19.1 Å². The lowest BCUT2D eigenvalue weighted by Gasteiger charge is -2.12. The van der Waals surface area contributed by atoms with Gasteiger partial charge in [-0.2, -0.15) is 0 Å². The van der Waals surface area contributed by atoms with Crippen LogP contribution < -0.4 is 10.6 Å². The van der Waals surface area contributed by atoms with Gasteiger partial charge in [-0.3, -0.25) is 4.79 Å². The Morgan fingerprint density at radius 1 is 1.44 bits per heavy atom. The highest BCUT2D eigenvalue weighted by Crippen LogP contribution is 2.16. The van der Waals surface area contributed by atoms with E-state index < -0.39 is 0 Å². The second kappa shape index (κ2) is 6.73. The maximum absolute atomic E-state index is 11.5. The van der Waals surface area contributed by atoms with E-state index in [4.69, 9.17) is 0 Å². The molecule has 1 rings (SSSR count). The van der Waals surface area contributed by atoms with E-state index in [1.807, 2.05) is 31.2 Å². The van der Waals surface area contributed by atoms with Gasteiger partial charge in [-0.05, 0) is 48.1 Å². The Morgan fingerprint density at radius 3 is 2.75 bits per heavy atom. The van der Waals surface area contributed by atoms with Crippen molar-refractivity contribution in [1.29, 1.82) is 0 Å². The fourth-order valence-corrected chi connectivity index (χ4v) is 1.79. The zero-order valence-electron chi connectivity index (χ0n) is 9.59. The standard InChI is InChI=1S/C12H17IN2O/c1-3-9(2)15-12(16)8-14-11-7-5-4-6-10(11)13/h4-7,9,14H,3,8H2,1-2H3,(H,15,16)/t9-/m0/s1. The molecular formula is C12H17IN2O. The summed E-state index contributed by atoms with van der Waals surface area (Å²) < 4.78 is 1.12. The SMILES string of the molecule is CC[C@H](C)NC(=O)CNc1ccccc1I. The Balaban J connectivity index is 2.40. The lowest BCUT2D eigenvalue weighted by molar-refractivity contribution is -0.120. The topological polar surface area (TPSA) is 41.1 Å². The molecule has 0 saturated carbocycles. The number of amides is 1. The zero-order valence-corrected chi connectivity index (χ0v) is 11.7. The summed E-state index contributed by atoms with van der Waals surface area (Å²) in [6.07, 6.45) is 0.953. The predicted molar refractivity (Wildman–Crippen MR) is 75.5 cm³/mol. The molecule has 0 heterocycles. The summed E-state index contributed by atoms with van der Waals surface area (Å²) in [5.41, 5.74) is 1.00. The molecular weight excluding hydrogens is 315 g/mol. The van der Waals surface area contributed by atoms with E-state index >= 15 is 0 Å². The first-order valence-electron chi connectivity index (χ1n) is 5.41. The summed E-state index contributed by atoms with van der Waals surface area (Å²) in [6, 6.07) is 8.15. The van der Waals surface area contributed by atoms with Crippen LogP contribution in [0.15, 0.2) is 24.3 Å². The van der Waals surface area contributed by atoms with Crippen LogP contribution in [0.4, 0.5) is 5.69 Å². The third-order valence-electron chi connectivity index (χ3n) is 2.33. The Hall–Kier alpha value is -0.780. The second-order valence-corrected chi connectivity index (χ2v) is 4.87. The van der Waals surface area contributed by atoms with E-state index in [2.05, 4.69) is 40.1 Å². The number of anilines is 1. The first-order chi connectivity index (χ1) is 7.63. The van der Waals surface area contributed by atoms with Crippen molar-refractivity contribution in [1.82, 2.24) is 5.32 Å². The maximum Gasteiger partial charge on any atom is 0.239 e. The number of nitrogens with one attached hydrogen (secondary N) is 2. The highest BCUT2D eigenvalue weighted by Gasteiger charge is 2.05. The third kappa shape index (κ3) is 4.38. The monoisotopic (exact) mass is 332 g/mol. The minimum absolute atomic E-state index is 0.0361. The van der Waals surface area contributed by atoms with Crippen molar-refractivity contribution in [2.24, 2.45) is 0 Å². The number of halogens is 1.